The normalized spacial score (nSPS) is 14.5. The van der Waals surface area contributed by atoms with Crippen LogP contribution in [0.1, 0.15) is 18.4 Å². The Morgan fingerprint density at radius 3 is 2.46 bits per heavy atom. The van der Waals surface area contributed by atoms with Crippen molar-refractivity contribution in [1.29, 1.82) is 0 Å². The maximum absolute atomic E-state index is 12.0. The molecule has 0 aliphatic rings. The molecule has 0 fully saturated rings. The van der Waals surface area contributed by atoms with Crippen molar-refractivity contribution < 1.29 is 22.7 Å². The zero-order valence-electron chi connectivity index (χ0n) is 6.93. The Balaban J connectivity index is 2.75. The van der Waals surface area contributed by atoms with Gasteiger partial charge in [0.05, 0.1) is 6.10 Å². The maximum Gasteiger partial charge on any atom is 0.449 e. The van der Waals surface area contributed by atoms with Gasteiger partial charge in [-0.3, -0.25) is 0 Å². The van der Waals surface area contributed by atoms with Crippen molar-refractivity contribution >= 4 is 0 Å². The first-order chi connectivity index (χ1) is 5.89. The van der Waals surface area contributed by atoms with Gasteiger partial charge in [-0.25, -0.2) is 0 Å². The third-order valence-electron chi connectivity index (χ3n) is 1.44. The lowest BCUT2D eigenvalue weighted by Gasteiger charge is -2.02. The predicted molar refractivity (Wildman–Crippen MR) is 39.1 cm³/mol. The van der Waals surface area contributed by atoms with E-state index in [-0.39, 0.29) is 12.2 Å². The van der Waals surface area contributed by atoms with Crippen LogP contribution in [0.15, 0.2) is 16.5 Å². The minimum Gasteiger partial charge on any atom is -0.456 e. The van der Waals surface area contributed by atoms with Gasteiger partial charge in [-0.05, 0) is 19.1 Å². The number of rotatable bonds is 2. The molecule has 0 aliphatic heterocycles. The average Bonchev–Trinajstić information content (AvgIpc) is 2.32. The summed E-state index contributed by atoms with van der Waals surface area (Å²) in [6.07, 6.45) is -5.06. The Bertz CT molecular complexity index is 275. The summed E-state index contributed by atoms with van der Waals surface area (Å²) in [4.78, 5) is 0. The second-order valence-electron chi connectivity index (χ2n) is 2.82. The van der Waals surface area contributed by atoms with E-state index in [9.17, 15) is 13.2 Å². The summed E-state index contributed by atoms with van der Waals surface area (Å²) >= 11 is 0. The highest BCUT2D eigenvalue weighted by Gasteiger charge is 2.34. The van der Waals surface area contributed by atoms with Gasteiger partial charge in [0.2, 0.25) is 5.76 Å². The molecule has 0 amide bonds. The number of hydrogen-bond acceptors (Lipinski definition) is 2. The average molecular weight is 194 g/mol. The SMILES string of the molecule is C[C@H](O)Cc1ccc(C(F)(F)F)o1. The Hall–Kier alpha value is -0.970. The lowest BCUT2D eigenvalue weighted by Crippen LogP contribution is -2.04. The minimum absolute atomic E-state index is 0.0933. The first kappa shape index (κ1) is 10.1. The Kier molecular flexibility index (Phi) is 2.66. The molecule has 0 aromatic carbocycles. The largest absolute Gasteiger partial charge is 0.456 e. The van der Waals surface area contributed by atoms with Crippen LogP contribution in [-0.2, 0) is 12.6 Å². The molecule has 5 heteroatoms. The summed E-state index contributed by atoms with van der Waals surface area (Å²) in [6, 6.07) is 2.08. The summed E-state index contributed by atoms with van der Waals surface area (Å²) in [5, 5.41) is 8.88. The fourth-order valence-electron chi connectivity index (χ4n) is 0.931. The molecule has 74 valence electrons. The van der Waals surface area contributed by atoms with E-state index in [4.69, 9.17) is 5.11 Å². The van der Waals surface area contributed by atoms with Crippen molar-refractivity contribution in [2.24, 2.45) is 0 Å². The molecule has 0 radical (unpaired) electrons. The number of furan rings is 1. The van der Waals surface area contributed by atoms with E-state index in [0.717, 1.165) is 6.07 Å². The third kappa shape index (κ3) is 2.77. The van der Waals surface area contributed by atoms with Crippen LogP contribution >= 0.6 is 0 Å². The molecule has 1 N–H and O–H groups in total. The van der Waals surface area contributed by atoms with E-state index < -0.39 is 18.0 Å². The fraction of sp³-hybridized carbons (Fsp3) is 0.500. The summed E-state index contributed by atoms with van der Waals surface area (Å²) in [6.45, 7) is 1.48. The van der Waals surface area contributed by atoms with Crippen molar-refractivity contribution in [3.05, 3.63) is 23.7 Å². The fourth-order valence-corrected chi connectivity index (χ4v) is 0.931. The standard InChI is InChI=1S/C8H9F3O2/c1-5(12)4-6-2-3-7(13-6)8(9,10)11/h2-3,5,12H,4H2,1H3/t5-/m0/s1. The van der Waals surface area contributed by atoms with Gasteiger partial charge in [-0.1, -0.05) is 0 Å². The van der Waals surface area contributed by atoms with Crippen LogP contribution in [0, 0.1) is 0 Å². The Morgan fingerprint density at radius 2 is 2.08 bits per heavy atom. The number of alkyl halides is 3. The molecule has 0 bridgehead atoms. The van der Waals surface area contributed by atoms with Crippen LogP contribution < -0.4 is 0 Å². The van der Waals surface area contributed by atoms with Crippen LogP contribution in [0.4, 0.5) is 13.2 Å². The molecule has 0 aliphatic carbocycles. The van der Waals surface area contributed by atoms with E-state index in [1.165, 1.54) is 13.0 Å². The van der Waals surface area contributed by atoms with Crippen molar-refractivity contribution in [3.8, 4) is 0 Å². The Morgan fingerprint density at radius 1 is 1.46 bits per heavy atom. The van der Waals surface area contributed by atoms with Gasteiger partial charge < -0.3 is 9.52 Å². The summed E-state index contributed by atoms with van der Waals surface area (Å²) in [5.74, 6) is -0.884. The molecule has 0 unspecified atom stereocenters. The summed E-state index contributed by atoms with van der Waals surface area (Å²) < 4.78 is 40.4. The quantitative estimate of drug-likeness (QED) is 0.783. The van der Waals surface area contributed by atoms with E-state index in [1.54, 1.807) is 0 Å². The first-order valence-corrected chi connectivity index (χ1v) is 3.73. The van der Waals surface area contributed by atoms with E-state index in [1.807, 2.05) is 0 Å². The lowest BCUT2D eigenvalue weighted by atomic mass is 10.2. The Labute approximate surface area is 73.0 Å². The molecular weight excluding hydrogens is 185 g/mol. The molecule has 1 heterocycles. The monoisotopic (exact) mass is 194 g/mol. The topological polar surface area (TPSA) is 33.4 Å². The molecule has 0 saturated carbocycles. The number of hydrogen-bond donors (Lipinski definition) is 1. The van der Waals surface area contributed by atoms with Crippen molar-refractivity contribution in [2.75, 3.05) is 0 Å². The van der Waals surface area contributed by atoms with Gasteiger partial charge in [-0.15, -0.1) is 0 Å². The molecule has 1 rings (SSSR count). The van der Waals surface area contributed by atoms with Crippen LogP contribution in [0.5, 0.6) is 0 Å². The summed E-state index contributed by atoms with van der Waals surface area (Å²) in [7, 11) is 0. The van der Waals surface area contributed by atoms with Gasteiger partial charge >= 0.3 is 6.18 Å². The van der Waals surface area contributed by atoms with Crippen LogP contribution in [-0.4, -0.2) is 11.2 Å². The van der Waals surface area contributed by atoms with Crippen molar-refractivity contribution in [2.45, 2.75) is 25.6 Å². The first-order valence-electron chi connectivity index (χ1n) is 3.73. The highest BCUT2D eigenvalue weighted by Crippen LogP contribution is 2.30. The van der Waals surface area contributed by atoms with Crippen LogP contribution in [0.2, 0.25) is 0 Å². The zero-order chi connectivity index (χ0) is 10.1. The van der Waals surface area contributed by atoms with E-state index >= 15 is 0 Å². The van der Waals surface area contributed by atoms with Gasteiger partial charge in [0.25, 0.3) is 0 Å². The second-order valence-corrected chi connectivity index (χ2v) is 2.82. The number of halogens is 3. The smallest absolute Gasteiger partial charge is 0.449 e. The van der Waals surface area contributed by atoms with Crippen LogP contribution in [0.3, 0.4) is 0 Å². The molecule has 2 nitrogen and oxygen atoms in total. The lowest BCUT2D eigenvalue weighted by molar-refractivity contribution is -0.153. The third-order valence-corrected chi connectivity index (χ3v) is 1.44. The van der Waals surface area contributed by atoms with E-state index in [2.05, 4.69) is 4.42 Å². The van der Waals surface area contributed by atoms with Crippen LogP contribution in [0.25, 0.3) is 0 Å². The van der Waals surface area contributed by atoms with E-state index in [0.29, 0.717) is 0 Å². The van der Waals surface area contributed by atoms with Gasteiger partial charge in [0, 0.05) is 6.42 Å². The second kappa shape index (κ2) is 3.41. The van der Waals surface area contributed by atoms with Crippen molar-refractivity contribution in [3.63, 3.8) is 0 Å². The molecule has 0 spiro atoms. The minimum atomic E-state index is -4.45. The molecule has 1 aromatic rings. The molecule has 13 heavy (non-hydrogen) atoms. The molecular formula is C8H9F3O2. The zero-order valence-corrected chi connectivity index (χ0v) is 6.93. The van der Waals surface area contributed by atoms with Gasteiger partial charge in [0.1, 0.15) is 5.76 Å². The summed E-state index contributed by atoms with van der Waals surface area (Å²) in [5.41, 5.74) is 0. The maximum atomic E-state index is 12.0. The highest BCUT2D eigenvalue weighted by atomic mass is 19.4. The van der Waals surface area contributed by atoms with Gasteiger partial charge in [0.15, 0.2) is 0 Å². The number of aliphatic hydroxyl groups excluding tert-OH is 1. The molecule has 0 saturated heterocycles. The molecule has 1 aromatic heterocycles. The van der Waals surface area contributed by atoms with Crippen molar-refractivity contribution in [1.82, 2.24) is 0 Å². The molecule has 1 atom stereocenters. The van der Waals surface area contributed by atoms with Gasteiger partial charge in [-0.2, -0.15) is 13.2 Å². The number of aliphatic hydroxyl groups is 1. The predicted octanol–water partition coefficient (Wildman–Crippen LogP) is 2.22. The highest BCUT2D eigenvalue weighted by molar-refractivity contribution is 5.10.